The second-order valence-corrected chi connectivity index (χ2v) is 7.38. The lowest BCUT2D eigenvalue weighted by molar-refractivity contribution is 0.0237. The van der Waals surface area contributed by atoms with Crippen molar-refractivity contribution in [3.63, 3.8) is 0 Å². The van der Waals surface area contributed by atoms with Crippen molar-refractivity contribution in [2.45, 2.75) is 44.6 Å². The minimum Gasteiger partial charge on any atom is -0.381 e. The molecule has 0 radical (unpaired) electrons. The molecule has 4 rings (SSSR count). The van der Waals surface area contributed by atoms with Gasteiger partial charge in [-0.3, -0.25) is 9.88 Å². The van der Waals surface area contributed by atoms with E-state index in [9.17, 15) is 0 Å². The van der Waals surface area contributed by atoms with Crippen LogP contribution in [0.2, 0.25) is 0 Å². The molecule has 0 amide bonds. The number of rotatable bonds is 3. The summed E-state index contributed by atoms with van der Waals surface area (Å²) >= 11 is 0. The fourth-order valence-corrected chi connectivity index (χ4v) is 4.15. The molecule has 1 atom stereocenters. The van der Waals surface area contributed by atoms with E-state index in [0.29, 0.717) is 12.0 Å². The fraction of sp³-hybridized carbons (Fsp3) is 0.524. The number of hydrogen-bond donors (Lipinski definition) is 0. The Morgan fingerprint density at radius 1 is 1.12 bits per heavy atom. The van der Waals surface area contributed by atoms with Crippen LogP contribution in [0.4, 0.5) is 0 Å². The van der Waals surface area contributed by atoms with Crippen molar-refractivity contribution < 1.29 is 4.74 Å². The first-order valence-corrected chi connectivity index (χ1v) is 9.50. The smallest absolute Gasteiger partial charge is 0.0888 e. The quantitative estimate of drug-likeness (QED) is 0.854. The first-order valence-electron chi connectivity index (χ1n) is 9.50. The summed E-state index contributed by atoms with van der Waals surface area (Å²) in [6.07, 6.45) is 8.66. The lowest BCUT2D eigenvalue weighted by atomic mass is 9.92. The van der Waals surface area contributed by atoms with Gasteiger partial charge in [0.05, 0.1) is 17.6 Å². The Hall–Kier alpha value is -1.78. The molecular formula is C21H27N3O. The first-order chi connectivity index (χ1) is 12.3. The minimum atomic E-state index is 0.494. The van der Waals surface area contributed by atoms with Crippen LogP contribution >= 0.6 is 0 Å². The molecule has 25 heavy (non-hydrogen) atoms. The van der Waals surface area contributed by atoms with Crippen LogP contribution in [0.5, 0.6) is 0 Å². The Morgan fingerprint density at radius 3 is 2.84 bits per heavy atom. The van der Waals surface area contributed by atoms with Crippen LogP contribution in [0, 0.1) is 6.92 Å². The van der Waals surface area contributed by atoms with E-state index in [2.05, 4.69) is 41.1 Å². The summed E-state index contributed by atoms with van der Waals surface area (Å²) in [5.74, 6) is 0.494. The average Bonchev–Trinajstić information content (AvgIpc) is 2.69. The zero-order valence-corrected chi connectivity index (χ0v) is 15.0. The summed E-state index contributed by atoms with van der Waals surface area (Å²) in [6, 6.07) is 9.20. The van der Waals surface area contributed by atoms with Crippen LogP contribution in [-0.4, -0.2) is 47.2 Å². The number of likely N-dealkylation sites (tertiary alicyclic amines) is 1. The molecule has 132 valence electrons. The lowest BCUT2D eigenvalue weighted by Gasteiger charge is -2.39. The van der Waals surface area contributed by atoms with Gasteiger partial charge in [0.1, 0.15) is 0 Å². The molecule has 3 heterocycles. The van der Waals surface area contributed by atoms with E-state index in [0.717, 1.165) is 36.7 Å². The van der Waals surface area contributed by atoms with Crippen molar-refractivity contribution in [2.24, 2.45) is 0 Å². The minimum absolute atomic E-state index is 0.494. The predicted molar refractivity (Wildman–Crippen MR) is 99.6 cm³/mol. The Kier molecular flexibility index (Phi) is 5.09. The molecule has 2 aliphatic rings. The highest BCUT2D eigenvalue weighted by atomic mass is 16.5. The van der Waals surface area contributed by atoms with E-state index in [4.69, 9.17) is 9.72 Å². The molecule has 2 aliphatic heterocycles. The molecule has 0 bridgehead atoms. The highest BCUT2D eigenvalue weighted by molar-refractivity contribution is 5.59. The lowest BCUT2D eigenvalue weighted by Crippen LogP contribution is -2.44. The third-order valence-electron chi connectivity index (χ3n) is 5.55. The molecule has 4 heteroatoms. The highest BCUT2D eigenvalue weighted by Crippen LogP contribution is 2.30. The normalized spacial score (nSPS) is 22.8. The molecule has 1 aromatic carbocycles. The van der Waals surface area contributed by atoms with E-state index >= 15 is 0 Å². The molecule has 2 aromatic rings. The van der Waals surface area contributed by atoms with E-state index in [1.165, 1.54) is 37.8 Å². The van der Waals surface area contributed by atoms with Gasteiger partial charge in [-0.05, 0) is 45.2 Å². The van der Waals surface area contributed by atoms with Crippen molar-refractivity contribution in [1.82, 2.24) is 14.9 Å². The predicted octanol–water partition coefficient (Wildman–Crippen LogP) is 3.81. The summed E-state index contributed by atoms with van der Waals surface area (Å²) in [6.45, 7) is 6.26. The van der Waals surface area contributed by atoms with Crippen LogP contribution in [0.15, 0.2) is 36.7 Å². The third-order valence-corrected chi connectivity index (χ3v) is 5.55. The van der Waals surface area contributed by atoms with Crippen LogP contribution in [-0.2, 0) is 4.74 Å². The first kappa shape index (κ1) is 16.7. The number of aryl methyl sites for hydroxylation is 1. The van der Waals surface area contributed by atoms with Gasteiger partial charge in [0.15, 0.2) is 0 Å². The second kappa shape index (κ2) is 7.63. The summed E-state index contributed by atoms with van der Waals surface area (Å²) in [5, 5.41) is 0. The SMILES string of the molecule is Cc1cccc(-c2cncc([C@@H]3CCCN(C4CCOCC4)C3)n2)c1. The van der Waals surface area contributed by atoms with Gasteiger partial charge < -0.3 is 4.74 Å². The third kappa shape index (κ3) is 3.91. The topological polar surface area (TPSA) is 38.2 Å². The Balaban J connectivity index is 1.52. The second-order valence-electron chi connectivity index (χ2n) is 7.38. The molecule has 0 N–H and O–H groups in total. The van der Waals surface area contributed by atoms with Crippen molar-refractivity contribution in [3.05, 3.63) is 47.9 Å². The van der Waals surface area contributed by atoms with Crippen LogP contribution in [0.1, 0.15) is 42.9 Å². The van der Waals surface area contributed by atoms with Gasteiger partial charge in [-0.1, -0.05) is 23.8 Å². The molecular weight excluding hydrogens is 310 g/mol. The fourth-order valence-electron chi connectivity index (χ4n) is 4.15. The van der Waals surface area contributed by atoms with Gasteiger partial charge in [-0.25, -0.2) is 4.98 Å². The maximum Gasteiger partial charge on any atom is 0.0888 e. The zero-order valence-electron chi connectivity index (χ0n) is 15.0. The van der Waals surface area contributed by atoms with Gasteiger partial charge in [-0.2, -0.15) is 0 Å². The standard InChI is InChI=1S/C21H27N3O/c1-16-4-2-5-17(12-16)20-13-22-14-21(23-20)18-6-3-9-24(15-18)19-7-10-25-11-8-19/h2,4-5,12-14,18-19H,3,6-11,15H2,1H3/t18-/m1/s1. The Bertz CT molecular complexity index is 712. The van der Waals surface area contributed by atoms with Crippen LogP contribution in [0.3, 0.4) is 0 Å². The molecule has 2 saturated heterocycles. The van der Waals surface area contributed by atoms with Crippen LogP contribution in [0.25, 0.3) is 11.3 Å². The van der Waals surface area contributed by atoms with Crippen molar-refractivity contribution >= 4 is 0 Å². The highest BCUT2D eigenvalue weighted by Gasteiger charge is 2.28. The average molecular weight is 337 g/mol. The molecule has 0 unspecified atom stereocenters. The molecule has 4 nitrogen and oxygen atoms in total. The number of aromatic nitrogens is 2. The molecule has 0 saturated carbocycles. The maximum atomic E-state index is 5.53. The maximum absolute atomic E-state index is 5.53. The van der Waals surface area contributed by atoms with Gasteiger partial charge in [-0.15, -0.1) is 0 Å². The van der Waals surface area contributed by atoms with E-state index in [-0.39, 0.29) is 0 Å². The number of benzene rings is 1. The Labute approximate surface area is 150 Å². The Morgan fingerprint density at radius 2 is 2.00 bits per heavy atom. The molecule has 2 fully saturated rings. The summed E-state index contributed by atoms with van der Waals surface area (Å²) in [7, 11) is 0. The summed E-state index contributed by atoms with van der Waals surface area (Å²) < 4.78 is 5.53. The summed E-state index contributed by atoms with van der Waals surface area (Å²) in [4.78, 5) is 12.1. The van der Waals surface area contributed by atoms with Gasteiger partial charge in [0.2, 0.25) is 0 Å². The molecule has 1 aromatic heterocycles. The van der Waals surface area contributed by atoms with E-state index < -0.39 is 0 Å². The van der Waals surface area contributed by atoms with Crippen LogP contribution < -0.4 is 0 Å². The van der Waals surface area contributed by atoms with Crippen molar-refractivity contribution in [3.8, 4) is 11.3 Å². The molecule has 0 spiro atoms. The van der Waals surface area contributed by atoms with E-state index in [1.54, 1.807) is 0 Å². The molecule has 0 aliphatic carbocycles. The van der Waals surface area contributed by atoms with Gasteiger partial charge >= 0.3 is 0 Å². The zero-order chi connectivity index (χ0) is 17.1. The largest absolute Gasteiger partial charge is 0.381 e. The van der Waals surface area contributed by atoms with Gasteiger partial charge in [0, 0.05) is 43.5 Å². The van der Waals surface area contributed by atoms with Gasteiger partial charge in [0.25, 0.3) is 0 Å². The van der Waals surface area contributed by atoms with Crippen molar-refractivity contribution in [1.29, 1.82) is 0 Å². The van der Waals surface area contributed by atoms with Crippen molar-refractivity contribution in [2.75, 3.05) is 26.3 Å². The monoisotopic (exact) mass is 337 g/mol. The number of hydrogen-bond acceptors (Lipinski definition) is 4. The number of piperidine rings is 1. The number of nitrogens with zero attached hydrogens (tertiary/aromatic N) is 3. The van der Waals surface area contributed by atoms with E-state index in [1.807, 2.05) is 12.4 Å². The number of ether oxygens (including phenoxy) is 1. The summed E-state index contributed by atoms with van der Waals surface area (Å²) in [5.41, 5.74) is 4.56.